The van der Waals surface area contributed by atoms with Crippen LogP contribution < -0.4 is 14.8 Å². The Balaban J connectivity index is 1.61. The van der Waals surface area contributed by atoms with Gasteiger partial charge in [0.25, 0.3) is 5.91 Å². The van der Waals surface area contributed by atoms with E-state index in [-0.39, 0.29) is 24.0 Å². The molecule has 0 radical (unpaired) electrons. The van der Waals surface area contributed by atoms with Gasteiger partial charge in [0.1, 0.15) is 11.5 Å². The Kier molecular flexibility index (Phi) is 4.79. The molecule has 0 saturated heterocycles. The fraction of sp³-hybridized carbons (Fsp3) is 0.409. The molecule has 1 atom stereocenters. The van der Waals surface area contributed by atoms with Crippen LogP contribution in [-0.4, -0.2) is 30.8 Å². The van der Waals surface area contributed by atoms with Gasteiger partial charge in [-0.2, -0.15) is 0 Å². The van der Waals surface area contributed by atoms with E-state index in [0.29, 0.717) is 30.8 Å². The van der Waals surface area contributed by atoms with Gasteiger partial charge in [-0.15, -0.1) is 0 Å². The molecule has 2 N–H and O–H groups in total. The first-order chi connectivity index (χ1) is 13.0. The highest BCUT2D eigenvalue weighted by Gasteiger charge is 2.36. The molecule has 2 aromatic rings. The number of hydrogen-bond donors (Lipinski definition) is 2. The highest BCUT2D eigenvalue weighted by atomic mass is 16.5. The number of carbonyl (C=O) groups excluding carboxylic acids is 1. The molecular formula is C22H25NO4. The molecule has 0 aromatic heterocycles. The van der Waals surface area contributed by atoms with Gasteiger partial charge in [-0.05, 0) is 66.6 Å². The van der Waals surface area contributed by atoms with Crippen LogP contribution in [0, 0.1) is 12.8 Å². The van der Waals surface area contributed by atoms with Gasteiger partial charge < -0.3 is 19.9 Å². The maximum atomic E-state index is 13.0. The molecule has 27 heavy (non-hydrogen) atoms. The molecule has 1 unspecified atom stereocenters. The van der Waals surface area contributed by atoms with E-state index in [2.05, 4.69) is 11.4 Å². The topological polar surface area (TPSA) is 67.8 Å². The fourth-order valence-electron chi connectivity index (χ4n) is 3.98. The van der Waals surface area contributed by atoms with Gasteiger partial charge in [0.15, 0.2) is 0 Å². The molecule has 1 amide bonds. The Hall–Kier alpha value is -2.53. The van der Waals surface area contributed by atoms with E-state index in [0.717, 1.165) is 23.3 Å². The zero-order valence-corrected chi connectivity index (χ0v) is 15.7. The lowest BCUT2D eigenvalue weighted by Gasteiger charge is -2.38. The average Bonchev–Trinajstić information content (AvgIpc) is 3.11. The van der Waals surface area contributed by atoms with Crippen LogP contribution in [0.2, 0.25) is 0 Å². The van der Waals surface area contributed by atoms with Gasteiger partial charge in [-0.1, -0.05) is 12.1 Å². The van der Waals surface area contributed by atoms with Crippen LogP contribution in [0.5, 0.6) is 11.5 Å². The van der Waals surface area contributed by atoms with Gasteiger partial charge >= 0.3 is 0 Å². The summed E-state index contributed by atoms with van der Waals surface area (Å²) in [5.41, 5.74) is 3.81. The van der Waals surface area contributed by atoms with Gasteiger partial charge in [-0.3, -0.25) is 4.79 Å². The summed E-state index contributed by atoms with van der Waals surface area (Å²) in [7, 11) is 1.58. The lowest BCUT2D eigenvalue weighted by atomic mass is 9.74. The first-order valence-corrected chi connectivity index (χ1v) is 9.44. The van der Waals surface area contributed by atoms with Crippen LogP contribution in [0.4, 0.5) is 0 Å². The van der Waals surface area contributed by atoms with E-state index in [9.17, 15) is 9.90 Å². The molecule has 1 aliphatic heterocycles. The largest absolute Gasteiger partial charge is 0.496 e. The van der Waals surface area contributed by atoms with E-state index in [1.807, 2.05) is 31.2 Å². The number of aryl methyl sites for hydroxylation is 1. The van der Waals surface area contributed by atoms with Crippen molar-refractivity contribution in [3.63, 3.8) is 0 Å². The van der Waals surface area contributed by atoms with Crippen LogP contribution in [0.1, 0.15) is 45.9 Å². The number of ether oxygens (including phenoxy) is 2. The van der Waals surface area contributed by atoms with Crippen molar-refractivity contribution >= 4 is 5.91 Å². The summed E-state index contributed by atoms with van der Waals surface area (Å²) in [5.74, 6) is 1.57. The minimum Gasteiger partial charge on any atom is -0.496 e. The smallest absolute Gasteiger partial charge is 0.255 e. The molecule has 5 nitrogen and oxygen atoms in total. The number of aliphatic hydroxyl groups is 1. The average molecular weight is 367 g/mol. The first-order valence-electron chi connectivity index (χ1n) is 9.44. The number of carbonyl (C=O) groups is 1. The van der Waals surface area contributed by atoms with Crippen molar-refractivity contribution in [2.45, 2.75) is 38.3 Å². The molecule has 4 rings (SSSR count). The Morgan fingerprint density at radius 1 is 1.26 bits per heavy atom. The van der Waals surface area contributed by atoms with E-state index < -0.39 is 0 Å². The zero-order valence-electron chi connectivity index (χ0n) is 15.7. The molecule has 5 heteroatoms. The van der Waals surface area contributed by atoms with Crippen molar-refractivity contribution in [3.05, 3.63) is 58.7 Å². The molecule has 1 saturated carbocycles. The molecule has 142 valence electrons. The Morgan fingerprint density at radius 2 is 2.07 bits per heavy atom. The van der Waals surface area contributed by atoms with Crippen LogP contribution in [0.15, 0.2) is 36.4 Å². The minimum atomic E-state index is -0.277. The Morgan fingerprint density at radius 3 is 2.81 bits per heavy atom. The predicted octanol–water partition coefficient (Wildman–Crippen LogP) is 3.18. The molecule has 1 aliphatic carbocycles. The van der Waals surface area contributed by atoms with Gasteiger partial charge in [0.2, 0.25) is 0 Å². The maximum Gasteiger partial charge on any atom is 0.255 e. The van der Waals surface area contributed by atoms with Crippen molar-refractivity contribution in [1.29, 1.82) is 0 Å². The normalized spacial score (nSPS) is 21.6. The van der Waals surface area contributed by atoms with E-state index in [1.54, 1.807) is 13.2 Å². The number of amides is 1. The molecular weight excluding hydrogens is 342 g/mol. The van der Waals surface area contributed by atoms with E-state index in [4.69, 9.17) is 9.47 Å². The molecule has 0 spiro atoms. The first kappa shape index (κ1) is 17.9. The van der Waals surface area contributed by atoms with Crippen LogP contribution in [0.3, 0.4) is 0 Å². The van der Waals surface area contributed by atoms with Gasteiger partial charge in [-0.25, -0.2) is 0 Å². The summed E-state index contributed by atoms with van der Waals surface area (Å²) in [6.07, 6.45) is 2.01. The summed E-state index contributed by atoms with van der Waals surface area (Å²) in [6.45, 7) is 2.67. The van der Waals surface area contributed by atoms with Gasteiger partial charge in [0, 0.05) is 6.42 Å². The standard InChI is InChI=1S/C22H25NO4/c1-13-3-5-18(20(9-13)26-2)22(25)23-21(16-11-17(24)12-16)15-4-6-19-14(10-15)7-8-27-19/h3-6,9-10,16-17,21,24H,7-8,11-12H2,1-2H3,(H,23,25). The lowest BCUT2D eigenvalue weighted by molar-refractivity contribution is 0.0235. The molecule has 1 heterocycles. The second-order valence-electron chi connectivity index (χ2n) is 7.51. The van der Waals surface area contributed by atoms with Crippen molar-refractivity contribution < 1.29 is 19.4 Å². The van der Waals surface area contributed by atoms with Crippen LogP contribution in [-0.2, 0) is 6.42 Å². The second kappa shape index (κ2) is 7.24. The molecule has 2 aliphatic rings. The monoisotopic (exact) mass is 367 g/mol. The van der Waals surface area contributed by atoms with Crippen molar-refractivity contribution in [2.75, 3.05) is 13.7 Å². The summed E-state index contributed by atoms with van der Waals surface area (Å²) < 4.78 is 11.0. The van der Waals surface area contributed by atoms with Crippen molar-refractivity contribution in [3.8, 4) is 11.5 Å². The Labute approximate surface area is 159 Å². The third-order valence-electron chi connectivity index (χ3n) is 5.58. The summed E-state index contributed by atoms with van der Waals surface area (Å²) >= 11 is 0. The zero-order chi connectivity index (χ0) is 19.0. The maximum absolute atomic E-state index is 13.0. The quantitative estimate of drug-likeness (QED) is 0.852. The number of fused-ring (bicyclic) bond motifs is 1. The Bertz CT molecular complexity index is 857. The number of rotatable bonds is 5. The van der Waals surface area contributed by atoms with Crippen molar-refractivity contribution in [1.82, 2.24) is 5.32 Å². The van der Waals surface area contributed by atoms with Crippen LogP contribution in [0.25, 0.3) is 0 Å². The molecule has 2 aromatic carbocycles. The second-order valence-corrected chi connectivity index (χ2v) is 7.51. The fourth-order valence-corrected chi connectivity index (χ4v) is 3.98. The molecule has 0 bridgehead atoms. The van der Waals surface area contributed by atoms with Gasteiger partial charge in [0.05, 0.1) is 31.4 Å². The third kappa shape index (κ3) is 3.52. The number of benzene rings is 2. The summed E-state index contributed by atoms with van der Waals surface area (Å²) in [4.78, 5) is 13.0. The van der Waals surface area contributed by atoms with Crippen molar-refractivity contribution in [2.24, 2.45) is 5.92 Å². The summed E-state index contributed by atoms with van der Waals surface area (Å²) in [6, 6.07) is 11.6. The number of nitrogens with one attached hydrogen (secondary N) is 1. The molecule has 1 fully saturated rings. The summed E-state index contributed by atoms with van der Waals surface area (Å²) in [5, 5.41) is 13.0. The van der Waals surface area contributed by atoms with E-state index in [1.165, 1.54) is 5.56 Å². The number of aliphatic hydroxyl groups excluding tert-OH is 1. The third-order valence-corrected chi connectivity index (χ3v) is 5.58. The number of methoxy groups -OCH3 is 1. The SMILES string of the molecule is COc1cc(C)ccc1C(=O)NC(c1ccc2c(c1)CCO2)C1CC(O)C1. The minimum absolute atomic E-state index is 0.141. The lowest BCUT2D eigenvalue weighted by Crippen LogP contribution is -2.41. The highest BCUT2D eigenvalue weighted by Crippen LogP contribution is 2.40. The highest BCUT2D eigenvalue weighted by molar-refractivity contribution is 5.97. The van der Waals surface area contributed by atoms with E-state index >= 15 is 0 Å². The number of hydrogen-bond acceptors (Lipinski definition) is 4. The van der Waals surface area contributed by atoms with Crippen LogP contribution >= 0.6 is 0 Å². The predicted molar refractivity (Wildman–Crippen MR) is 102 cm³/mol.